The number of methoxy groups -OCH3 is 1. The van der Waals surface area contributed by atoms with Gasteiger partial charge in [-0.2, -0.15) is 0 Å². The number of nitrogens with one attached hydrogen (secondary N) is 1. The van der Waals surface area contributed by atoms with Crippen molar-refractivity contribution in [1.29, 1.82) is 0 Å². The molecule has 0 aromatic heterocycles. The highest BCUT2D eigenvalue weighted by atomic mass is 79.9. The first kappa shape index (κ1) is 13.6. The Hall–Kier alpha value is -1.43. The number of anilines is 1. The van der Waals surface area contributed by atoms with Crippen LogP contribution < -0.4 is 5.32 Å². The fourth-order valence-corrected chi connectivity index (χ4v) is 1.25. The molecule has 0 aliphatic carbocycles. The lowest BCUT2D eigenvalue weighted by Gasteiger charge is -2.10. The minimum Gasteiger partial charge on any atom is -0.465 e. The molecule has 1 N–H and O–H groups in total. The Labute approximate surface area is 106 Å². The van der Waals surface area contributed by atoms with Crippen molar-refractivity contribution in [3.63, 3.8) is 0 Å². The molecule has 1 aromatic rings. The van der Waals surface area contributed by atoms with Gasteiger partial charge in [0.25, 0.3) is 0 Å². The van der Waals surface area contributed by atoms with E-state index in [1.165, 1.54) is 13.2 Å². The molecule has 0 radical (unpaired) electrons. The summed E-state index contributed by atoms with van der Waals surface area (Å²) in [6, 6.07) is 3.48. The van der Waals surface area contributed by atoms with Crippen molar-refractivity contribution in [2.45, 2.75) is 11.8 Å². The third-order valence-corrected chi connectivity index (χ3v) is 2.42. The summed E-state index contributed by atoms with van der Waals surface area (Å²) in [7, 11) is 1.19. The zero-order valence-electron chi connectivity index (χ0n) is 9.29. The highest BCUT2D eigenvalue weighted by Crippen LogP contribution is 2.19. The highest BCUT2D eigenvalue weighted by molar-refractivity contribution is 9.10. The molecule has 0 aliphatic rings. The van der Waals surface area contributed by atoms with Crippen LogP contribution in [0.15, 0.2) is 18.2 Å². The van der Waals surface area contributed by atoms with Crippen molar-refractivity contribution in [3.8, 4) is 0 Å². The predicted octanol–water partition coefficient (Wildman–Crippen LogP) is 2.33. The normalized spacial score (nSPS) is 11.8. The number of esters is 1. The standard InChI is InChI=1S/C11H11BrFNO3/c1-6(12)10(15)14-9-4-3-7(13)5-8(9)11(16)17-2/h3-6H,1-2H3,(H,14,15). The summed E-state index contributed by atoms with van der Waals surface area (Å²) in [5.74, 6) is -1.61. The van der Waals surface area contributed by atoms with E-state index in [-0.39, 0.29) is 17.2 Å². The molecule has 0 aliphatic heterocycles. The van der Waals surface area contributed by atoms with E-state index >= 15 is 0 Å². The van der Waals surface area contributed by atoms with E-state index in [1.807, 2.05) is 0 Å². The highest BCUT2D eigenvalue weighted by Gasteiger charge is 2.16. The van der Waals surface area contributed by atoms with Crippen molar-refractivity contribution < 1.29 is 18.7 Å². The number of alkyl halides is 1. The van der Waals surface area contributed by atoms with Crippen LogP contribution in [0, 0.1) is 5.82 Å². The van der Waals surface area contributed by atoms with Gasteiger partial charge in [0.05, 0.1) is 23.2 Å². The Kier molecular flexibility index (Phi) is 4.62. The quantitative estimate of drug-likeness (QED) is 0.689. The average Bonchev–Trinajstić information content (AvgIpc) is 2.30. The summed E-state index contributed by atoms with van der Waals surface area (Å²) < 4.78 is 17.5. The second kappa shape index (κ2) is 5.77. The average molecular weight is 304 g/mol. The van der Waals surface area contributed by atoms with E-state index in [4.69, 9.17) is 0 Å². The number of benzene rings is 1. The van der Waals surface area contributed by atoms with Crippen LogP contribution in [0.1, 0.15) is 17.3 Å². The smallest absolute Gasteiger partial charge is 0.340 e. The summed E-state index contributed by atoms with van der Waals surface area (Å²) in [4.78, 5) is 22.4. The lowest BCUT2D eigenvalue weighted by molar-refractivity contribution is -0.115. The molecule has 1 unspecified atom stereocenters. The van der Waals surface area contributed by atoms with Crippen LogP contribution in [0.3, 0.4) is 0 Å². The van der Waals surface area contributed by atoms with Crippen molar-refractivity contribution >= 4 is 33.5 Å². The van der Waals surface area contributed by atoms with Gasteiger partial charge in [0.15, 0.2) is 0 Å². The van der Waals surface area contributed by atoms with E-state index in [0.717, 1.165) is 12.1 Å². The van der Waals surface area contributed by atoms with Gasteiger partial charge in [0.2, 0.25) is 5.91 Å². The molecule has 1 atom stereocenters. The van der Waals surface area contributed by atoms with E-state index in [2.05, 4.69) is 26.0 Å². The van der Waals surface area contributed by atoms with E-state index in [9.17, 15) is 14.0 Å². The number of hydrogen-bond acceptors (Lipinski definition) is 3. The van der Waals surface area contributed by atoms with Crippen molar-refractivity contribution in [2.75, 3.05) is 12.4 Å². The van der Waals surface area contributed by atoms with Crippen molar-refractivity contribution in [1.82, 2.24) is 0 Å². The molecule has 0 heterocycles. The molecule has 92 valence electrons. The lowest BCUT2D eigenvalue weighted by Crippen LogP contribution is -2.21. The number of rotatable bonds is 3. The second-order valence-corrected chi connectivity index (χ2v) is 4.66. The number of carbonyl (C=O) groups excluding carboxylic acids is 2. The van der Waals surface area contributed by atoms with Gasteiger partial charge in [-0.1, -0.05) is 15.9 Å². The van der Waals surface area contributed by atoms with Crippen LogP contribution in [-0.4, -0.2) is 23.8 Å². The third kappa shape index (κ3) is 3.52. The Morgan fingerprint density at radius 2 is 2.12 bits per heavy atom. The first-order valence-electron chi connectivity index (χ1n) is 4.78. The summed E-state index contributed by atoms with van der Waals surface area (Å²) in [6.07, 6.45) is 0. The van der Waals surface area contributed by atoms with Crippen LogP contribution in [0.25, 0.3) is 0 Å². The summed E-state index contributed by atoms with van der Waals surface area (Å²) >= 11 is 3.09. The van der Waals surface area contributed by atoms with Crippen molar-refractivity contribution in [2.24, 2.45) is 0 Å². The number of carbonyl (C=O) groups is 2. The lowest BCUT2D eigenvalue weighted by atomic mass is 10.1. The first-order chi connectivity index (χ1) is 7.95. The van der Waals surface area contributed by atoms with Gasteiger partial charge in [-0.25, -0.2) is 9.18 Å². The first-order valence-corrected chi connectivity index (χ1v) is 5.70. The fraction of sp³-hybridized carbons (Fsp3) is 0.273. The molecule has 0 saturated carbocycles. The molecule has 1 aromatic carbocycles. The molecule has 1 amide bonds. The minimum atomic E-state index is -0.706. The van der Waals surface area contributed by atoms with Crippen LogP contribution in [0.5, 0.6) is 0 Å². The fourth-order valence-electron chi connectivity index (χ4n) is 1.14. The Morgan fingerprint density at radius 3 is 2.65 bits per heavy atom. The Balaban J connectivity index is 3.06. The van der Waals surface area contributed by atoms with Gasteiger partial charge in [-0.3, -0.25) is 4.79 Å². The van der Waals surface area contributed by atoms with Gasteiger partial charge in [0.1, 0.15) is 5.82 Å². The summed E-state index contributed by atoms with van der Waals surface area (Å²) in [5.41, 5.74) is 0.198. The molecule has 0 saturated heterocycles. The molecule has 1 rings (SSSR count). The maximum absolute atomic E-state index is 13.0. The van der Waals surface area contributed by atoms with E-state index in [1.54, 1.807) is 6.92 Å². The molecule has 0 bridgehead atoms. The largest absolute Gasteiger partial charge is 0.465 e. The van der Waals surface area contributed by atoms with Gasteiger partial charge in [-0.05, 0) is 25.1 Å². The van der Waals surface area contributed by atoms with Crippen LogP contribution in [0.2, 0.25) is 0 Å². The van der Waals surface area contributed by atoms with Crippen LogP contribution >= 0.6 is 15.9 Å². The zero-order chi connectivity index (χ0) is 13.0. The molecule has 6 heteroatoms. The molecule has 4 nitrogen and oxygen atoms in total. The monoisotopic (exact) mass is 303 g/mol. The SMILES string of the molecule is COC(=O)c1cc(F)ccc1NC(=O)C(C)Br. The summed E-state index contributed by atoms with van der Waals surface area (Å²) in [6.45, 7) is 1.64. The third-order valence-electron chi connectivity index (χ3n) is 2.01. The maximum atomic E-state index is 13.0. The van der Waals surface area contributed by atoms with Crippen LogP contribution in [-0.2, 0) is 9.53 Å². The summed E-state index contributed by atoms with van der Waals surface area (Å²) in [5, 5.41) is 2.50. The molecular weight excluding hydrogens is 293 g/mol. The van der Waals surface area contributed by atoms with Gasteiger partial charge >= 0.3 is 5.97 Å². The predicted molar refractivity (Wildman–Crippen MR) is 64.8 cm³/mol. The number of hydrogen-bond donors (Lipinski definition) is 1. The maximum Gasteiger partial charge on any atom is 0.340 e. The molecule has 0 spiro atoms. The van der Waals surface area contributed by atoms with Gasteiger partial charge in [0, 0.05) is 0 Å². The Bertz CT molecular complexity index is 448. The number of amides is 1. The molecular formula is C11H11BrFNO3. The van der Waals surface area contributed by atoms with E-state index in [0.29, 0.717) is 0 Å². The van der Waals surface area contributed by atoms with Gasteiger partial charge < -0.3 is 10.1 Å². The Morgan fingerprint density at radius 1 is 1.47 bits per heavy atom. The van der Waals surface area contributed by atoms with Crippen LogP contribution in [0.4, 0.5) is 10.1 Å². The number of halogens is 2. The minimum absolute atomic E-state index is 0.0194. The zero-order valence-corrected chi connectivity index (χ0v) is 10.9. The van der Waals surface area contributed by atoms with E-state index < -0.39 is 16.6 Å². The number of ether oxygens (including phenoxy) is 1. The van der Waals surface area contributed by atoms with Crippen molar-refractivity contribution in [3.05, 3.63) is 29.6 Å². The molecule has 0 fully saturated rings. The topological polar surface area (TPSA) is 55.4 Å². The van der Waals surface area contributed by atoms with Gasteiger partial charge in [-0.15, -0.1) is 0 Å². The molecule has 17 heavy (non-hydrogen) atoms. The second-order valence-electron chi connectivity index (χ2n) is 3.29.